The monoisotopic (exact) mass is 263 g/mol. The van der Waals surface area contributed by atoms with E-state index in [-0.39, 0.29) is 11.0 Å². The summed E-state index contributed by atoms with van der Waals surface area (Å²) >= 11 is 5.87. The van der Waals surface area contributed by atoms with Crippen LogP contribution < -0.4 is 5.32 Å². The maximum Gasteiger partial charge on any atom is 0.255 e. The molecule has 0 radical (unpaired) electrons. The standard InChI is InChI=1S/C11H7ClFN5/c12-9-5-10(18-11(17-9)14-6-15-18)16-8-3-1-2-7(13)4-8/h1-6,16H. The van der Waals surface area contributed by atoms with Gasteiger partial charge in [-0.1, -0.05) is 17.7 Å². The number of nitrogens with one attached hydrogen (secondary N) is 1. The molecule has 0 atom stereocenters. The summed E-state index contributed by atoms with van der Waals surface area (Å²) in [6, 6.07) is 7.68. The van der Waals surface area contributed by atoms with Gasteiger partial charge in [0.05, 0.1) is 0 Å². The molecule has 0 saturated heterocycles. The van der Waals surface area contributed by atoms with Crippen LogP contribution in [0.3, 0.4) is 0 Å². The average molecular weight is 264 g/mol. The minimum absolute atomic E-state index is 0.286. The molecular weight excluding hydrogens is 257 g/mol. The van der Waals surface area contributed by atoms with E-state index in [9.17, 15) is 4.39 Å². The lowest BCUT2D eigenvalue weighted by atomic mass is 10.3. The molecule has 2 heterocycles. The third-order valence-corrected chi connectivity index (χ3v) is 2.51. The molecule has 1 N–H and O–H groups in total. The van der Waals surface area contributed by atoms with Crippen LogP contribution in [0.25, 0.3) is 5.78 Å². The third-order valence-electron chi connectivity index (χ3n) is 2.32. The molecule has 1 aromatic carbocycles. The Kier molecular flexibility index (Phi) is 2.56. The highest BCUT2D eigenvalue weighted by molar-refractivity contribution is 6.29. The number of fused-ring (bicyclic) bond motifs is 1. The zero-order valence-electron chi connectivity index (χ0n) is 9.01. The molecule has 0 aliphatic rings. The van der Waals surface area contributed by atoms with Crippen molar-refractivity contribution >= 4 is 28.9 Å². The topological polar surface area (TPSA) is 55.1 Å². The van der Waals surface area contributed by atoms with Crippen molar-refractivity contribution in [3.63, 3.8) is 0 Å². The van der Waals surface area contributed by atoms with Gasteiger partial charge >= 0.3 is 0 Å². The summed E-state index contributed by atoms with van der Waals surface area (Å²) < 4.78 is 14.6. The molecule has 0 aliphatic carbocycles. The van der Waals surface area contributed by atoms with E-state index >= 15 is 0 Å². The molecule has 0 unspecified atom stereocenters. The van der Waals surface area contributed by atoms with Crippen LogP contribution in [0.1, 0.15) is 0 Å². The van der Waals surface area contributed by atoms with E-state index in [0.29, 0.717) is 17.3 Å². The van der Waals surface area contributed by atoms with E-state index in [1.54, 1.807) is 18.2 Å². The van der Waals surface area contributed by atoms with Gasteiger partial charge in [0.2, 0.25) is 0 Å². The predicted molar refractivity (Wildman–Crippen MR) is 65.5 cm³/mol. The second-order valence-electron chi connectivity index (χ2n) is 3.57. The van der Waals surface area contributed by atoms with Crippen molar-refractivity contribution in [3.8, 4) is 0 Å². The van der Waals surface area contributed by atoms with Gasteiger partial charge in [0, 0.05) is 11.8 Å². The minimum atomic E-state index is -0.324. The lowest BCUT2D eigenvalue weighted by molar-refractivity contribution is 0.628. The number of anilines is 2. The molecule has 7 heteroatoms. The molecule has 3 aromatic rings. The van der Waals surface area contributed by atoms with Crippen LogP contribution in [0.5, 0.6) is 0 Å². The van der Waals surface area contributed by atoms with E-state index in [0.717, 1.165) is 0 Å². The molecule has 18 heavy (non-hydrogen) atoms. The lowest BCUT2D eigenvalue weighted by Crippen LogP contribution is -2.01. The first-order valence-corrected chi connectivity index (χ1v) is 5.49. The summed E-state index contributed by atoms with van der Waals surface area (Å²) in [5.41, 5.74) is 0.592. The maximum atomic E-state index is 13.1. The van der Waals surface area contributed by atoms with Crippen molar-refractivity contribution in [3.05, 3.63) is 47.6 Å². The van der Waals surface area contributed by atoms with Gasteiger partial charge in [-0.05, 0) is 18.2 Å². The molecule has 0 aliphatic heterocycles. The smallest absolute Gasteiger partial charge is 0.255 e. The van der Waals surface area contributed by atoms with E-state index in [1.807, 2.05) is 0 Å². The summed E-state index contributed by atoms with van der Waals surface area (Å²) in [4.78, 5) is 7.94. The number of aromatic nitrogens is 4. The van der Waals surface area contributed by atoms with Crippen molar-refractivity contribution in [2.24, 2.45) is 0 Å². The van der Waals surface area contributed by atoms with Crippen molar-refractivity contribution in [2.75, 3.05) is 5.32 Å². The van der Waals surface area contributed by atoms with E-state index in [2.05, 4.69) is 20.4 Å². The Morgan fingerprint density at radius 2 is 2.17 bits per heavy atom. The quantitative estimate of drug-likeness (QED) is 0.722. The molecule has 90 valence electrons. The van der Waals surface area contributed by atoms with Crippen LogP contribution in [0, 0.1) is 5.82 Å². The van der Waals surface area contributed by atoms with E-state index < -0.39 is 0 Å². The van der Waals surface area contributed by atoms with Gasteiger partial charge in [0.15, 0.2) is 0 Å². The Balaban J connectivity index is 2.06. The Labute approximate surface area is 106 Å². The van der Waals surface area contributed by atoms with Gasteiger partial charge in [-0.15, -0.1) is 0 Å². The molecule has 2 aromatic heterocycles. The summed E-state index contributed by atoms with van der Waals surface area (Å²) in [6.07, 6.45) is 1.37. The summed E-state index contributed by atoms with van der Waals surface area (Å²) in [5.74, 6) is 0.615. The van der Waals surface area contributed by atoms with Crippen LogP contribution in [0.15, 0.2) is 36.7 Å². The van der Waals surface area contributed by atoms with E-state index in [1.165, 1.54) is 23.0 Å². The average Bonchev–Trinajstić information content (AvgIpc) is 2.77. The highest BCUT2D eigenvalue weighted by atomic mass is 35.5. The molecule has 0 fully saturated rings. The van der Waals surface area contributed by atoms with Gasteiger partial charge in [0.1, 0.15) is 23.1 Å². The molecule has 0 saturated carbocycles. The van der Waals surface area contributed by atoms with Crippen molar-refractivity contribution in [1.29, 1.82) is 0 Å². The lowest BCUT2D eigenvalue weighted by Gasteiger charge is -2.07. The Bertz CT molecular complexity index is 711. The maximum absolute atomic E-state index is 13.1. The fourth-order valence-corrected chi connectivity index (χ4v) is 1.77. The largest absolute Gasteiger partial charge is 0.340 e. The van der Waals surface area contributed by atoms with Crippen molar-refractivity contribution in [1.82, 2.24) is 19.6 Å². The predicted octanol–water partition coefficient (Wildman–Crippen LogP) is 2.66. The molecule has 5 nitrogen and oxygen atoms in total. The Morgan fingerprint density at radius 1 is 1.28 bits per heavy atom. The highest BCUT2D eigenvalue weighted by Crippen LogP contribution is 2.20. The van der Waals surface area contributed by atoms with Gasteiger partial charge in [-0.2, -0.15) is 19.6 Å². The summed E-state index contributed by atoms with van der Waals surface area (Å²) in [7, 11) is 0. The zero-order valence-corrected chi connectivity index (χ0v) is 9.76. The fraction of sp³-hybridized carbons (Fsp3) is 0. The minimum Gasteiger partial charge on any atom is -0.340 e. The van der Waals surface area contributed by atoms with Gasteiger partial charge in [-0.25, -0.2) is 4.39 Å². The van der Waals surface area contributed by atoms with Crippen LogP contribution >= 0.6 is 11.6 Å². The van der Waals surface area contributed by atoms with Crippen molar-refractivity contribution < 1.29 is 4.39 Å². The summed E-state index contributed by atoms with van der Waals surface area (Å²) in [5, 5.41) is 7.30. The first-order valence-electron chi connectivity index (χ1n) is 5.11. The van der Waals surface area contributed by atoms with Gasteiger partial charge in [0.25, 0.3) is 5.78 Å². The molecule has 0 spiro atoms. The number of nitrogens with zero attached hydrogens (tertiary/aromatic N) is 4. The van der Waals surface area contributed by atoms with Gasteiger partial charge < -0.3 is 5.32 Å². The second kappa shape index (κ2) is 4.23. The number of hydrogen-bond acceptors (Lipinski definition) is 4. The molecular formula is C11H7ClFN5. The van der Waals surface area contributed by atoms with Crippen LogP contribution in [-0.2, 0) is 0 Å². The molecule has 3 rings (SSSR count). The SMILES string of the molecule is Fc1cccc(Nc2cc(Cl)nc3ncnn23)c1. The first kappa shape index (κ1) is 10.9. The third kappa shape index (κ3) is 1.98. The second-order valence-corrected chi connectivity index (χ2v) is 3.96. The first-order chi connectivity index (χ1) is 8.72. The fourth-order valence-electron chi connectivity index (χ4n) is 1.59. The molecule has 0 bridgehead atoms. The Morgan fingerprint density at radius 3 is 3.00 bits per heavy atom. The van der Waals surface area contributed by atoms with Crippen LogP contribution in [0.4, 0.5) is 15.9 Å². The van der Waals surface area contributed by atoms with Crippen LogP contribution in [-0.4, -0.2) is 19.6 Å². The number of benzene rings is 1. The van der Waals surface area contributed by atoms with Gasteiger partial charge in [-0.3, -0.25) is 0 Å². The number of rotatable bonds is 2. The highest BCUT2D eigenvalue weighted by Gasteiger charge is 2.06. The van der Waals surface area contributed by atoms with Crippen LogP contribution in [0.2, 0.25) is 5.15 Å². The Hall–Kier alpha value is -2.21. The summed E-state index contributed by atoms with van der Waals surface area (Å²) in [6.45, 7) is 0. The number of halogens is 2. The van der Waals surface area contributed by atoms with E-state index in [4.69, 9.17) is 11.6 Å². The normalized spacial score (nSPS) is 10.8. The zero-order chi connectivity index (χ0) is 12.5. The molecule has 0 amide bonds. The van der Waals surface area contributed by atoms with Crippen molar-refractivity contribution in [2.45, 2.75) is 0 Å². The number of hydrogen-bond donors (Lipinski definition) is 1.